The lowest BCUT2D eigenvalue weighted by Gasteiger charge is -2.23. The highest BCUT2D eigenvalue weighted by molar-refractivity contribution is 5.18. The van der Waals surface area contributed by atoms with Crippen molar-refractivity contribution in [2.24, 2.45) is 0 Å². The number of nitrogens with one attached hydrogen (secondary N) is 1. The van der Waals surface area contributed by atoms with Gasteiger partial charge in [0.25, 0.3) is 0 Å². The van der Waals surface area contributed by atoms with E-state index in [0.717, 1.165) is 0 Å². The quantitative estimate of drug-likeness (QED) is 0.739. The maximum absolute atomic E-state index is 3.65. The summed E-state index contributed by atoms with van der Waals surface area (Å²) in [4.78, 5) is 0. The van der Waals surface area contributed by atoms with E-state index in [1.807, 2.05) is 0 Å². The van der Waals surface area contributed by atoms with Gasteiger partial charge >= 0.3 is 0 Å². The van der Waals surface area contributed by atoms with Crippen LogP contribution >= 0.6 is 0 Å². The zero-order valence-corrected chi connectivity index (χ0v) is 9.32. The molecule has 0 fully saturated rings. The van der Waals surface area contributed by atoms with Crippen LogP contribution in [0.3, 0.4) is 0 Å². The van der Waals surface area contributed by atoms with Crippen LogP contribution in [0.1, 0.15) is 37.8 Å². The topological polar surface area (TPSA) is 12.0 Å². The summed E-state index contributed by atoms with van der Waals surface area (Å²) in [5.41, 5.74) is 1.37. The third-order valence-corrected chi connectivity index (χ3v) is 3.02. The molecule has 1 aliphatic rings. The second-order valence-corrected chi connectivity index (χ2v) is 4.26. The van der Waals surface area contributed by atoms with Crippen LogP contribution < -0.4 is 5.32 Å². The lowest BCUT2D eigenvalue weighted by atomic mass is 10.0. The summed E-state index contributed by atoms with van der Waals surface area (Å²) in [5, 5.41) is 3.65. The van der Waals surface area contributed by atoms with Crippen LogP contribution in [-0.4, -0.2) is 6.04 Å². The summed E-state index contributed by atoms with van der Waals surface area (Å²) >= 11 is 0. The van der Waals surface area contributed by atoms with Gasteiger partial charge in [-0.05, 0) is 31.7 Å². The fourth-order valence-corrected chi connectivity index (χ4v) is 2.11. The van der Waals surface area contributed by atoms with E-state index in [0.29, 0.717) is 12.1 Å². The van der Waals surface area contributed by atoms with E-state index >= 15 is 0 Å². The highest BCUT2D eigenvalue weighted by atomic mass is 14.9. The largest absolute Gasteiger partial charge is 0.304 e. The molecule has 2 atom stereocenters. The molecule has 1 N–H and O–H groups in total. The van der Waals surface area contributed by atoms with Crippen molar-refractivity contribution in [3.63, 3.8) is 0 Å². The van der Waals surface area contributed by atoms with E-state index in [4.69, 9.17) is 0 Å². The Morgan fingerprint density at radius 2 is 2.07 bits per heavy atom. The van der Waals surface area contributed by atoms with Crippen LogP contribution in [0.15, 0.2) is 42.5 Å². The van der Waals surface area contributed by atoms with Crippen LogP contribution in [-0.2, 0) is 0 Å². The molecule has 1 heteroatoms. The molecule has 0 saturated carbocycles. The smallest absolute Gasteiger partial charge is 0.0297 e. The SMILES string of the molecule is CC(NC1C=CCCC1)c1ccccc1. The van der Waals surface area contributed by atoms with Gasteiger partial charge in [-0.3, -0.25) is 0 Å². The van der Waals surface area contributed by atoms with Crippen LogP contribution in [0.25, 0.3) is 0 Å². The average molecular weight is 201 g/mol. The maximum Gasteiger partial charge on any atom is 0.0297 e. The first-order valence-electron chi connectivity index (χ1n) is 5.84. The number of rotatable bonds is 3. The Balaban J connectivity index is 1.94. The van der Waals surface area contributed by atoms with Crippen molar-refractivity contribution in [1.29, 1.82) is 0 Å². The third-order valence-electron chi connectivity index (χ3n) is 3.02. The lowest BCUT2D eigenvalue weighted by Crippen LogP contribution is -2.30. The number of hydrogen-bond donors (Lipinski definition) is 1. The fourth-order valence-electron chi connectivity index (χ4n) is 2.11. The molecule has 0 aliphatic heterocycles. The Morgan fingerprint density at radius 3 is 2.73 bits per heavy atom. The Labute approximate surface area is 92.2 Å². The summed E-state index contributed by atoms with van der Waals surface area (Å²) in [6.45, 7) is 2.23. The lowest BCUT2D eigenvalue weighted by molar-refractivity contribution is 0.467. The minimum absolute atomic E-state index is 0.443. The second-order valence-electron chi connectivity index (χ2n) is 4.26. The summed E-state index contributed by atoms with van der Waals surface area (Å²) in [7, 11) is 0. The first kappa shape index (κ1) is 10.4. The Kier molecular flexibility index (Phi) is 3.57. The molecule has 15 heavy (non-hydrogen) atoms. The zero-order chi connectivity index (χ0) is 10.5. The molecule has 1 nitrogen and oxygen atoms in total. The van der Waals surface area contributed by atoms with Gasteiger partial charge in [0, 0.05) is 12.1 Å². The van der Waals surface area contributed by atoms with Crippen molar-refractivity contribution >= 4 is 0 Å². The van der Waals surface area contributed by atoms with E-state index in [2.05, 4.69) is 54.7 Å². The van der Waals surface area contributed by atoms with Crippen LogP contribution in [0.5, 0.6) is 0 Å². The molecule has 0 spiro atoms. The number of allylic oxidation sites excluding steroid dienone is 1. The molecule has 0 amide bonds. The molecule has 1 aromatic carbocycles. The van der Waals surface area contributed by atoms with E-state index in [1.54, 1.807) is 0 Å². The monoisotopic (exact) mass is 201 g/mol. The first-order chi connectivity index (χ1) is 7.36. The van der Waals surface area contributed by atoms with Gasteiger partial charge in [0.05, 0.1) is 0 Å². The summed E-state index contributed by atoms with van der Waals surface area (Å²) in [6, 6.07) is 11.6. The predicted molar refractivity (Wildman–Crippen MR) is 64.8 cm³/mol. The van der Waals surface area contributed by atoms with Crippen molar-refractivity contribution in [2.45, 2.75) is 38.3 Å². The van der Waals surface area contributed by atoms with Crippen LogP contribution in [0.4, 0.5) is 0 Å². The normalized spacial score (nSPS) is 22.6. The standard InChI is InChI=1S/C14H19N/c1-12(13-8-4-2-5-9-13)15-14-10-6-3-7-11-14/h2,4-6,8-10,12,14-15H,3,7,11H2,1H3. The van der Waals surface area contributed by atoms with E-state index < -0.39 is 0 Å². The zero-order valence-electron chi connectivity index (χ0n) is 9.32. The molecule has 0 saturated heterocycles. The Hall–Kier alpha value is -1.08. The highest BCUT2D eigenvalue weighted by Crippen LogP contribution is 2.16. The van der Waals surface area contributed by atoms with Gasteiger partial charge in [0.1, 0.15) is 0 Å². The average Bonchev–Trinajstić information content (AvgIpc) is 2.31. The summed E-state index contributed by atoms with van der Waals surface area (Å²) < 4.78 is 0. The molecule has 1 aromatic rings. The molecule has 0 heterocycles. The molecule has 0 bridgehead atoms. The molecule has 0 radical (unpaired) electrons. The Bertz CT molecular complexity index is 315. The molecular weight excluding hydrogens is 182 g/mol. The van der Waals surface area contributed by atoms with Gasteiger partial charge in [-0.15, -0.1) is 0 Å². The van der Waals surface area contributed by atoms with Crippen LogP contribution in [0.2, 0.25) is 0 Å². The number of hydrogen-bond acceptors (Lipinski definition) is 1. The van der Waals surface area contributed by atoms with Crippen molar-refractivity contribution in [2.75, 3.05) is 0 Å². The van der Waals surface area contributed by atoms with Gasteiger partial charge in [-0.1, -0.05) is 42.5 Å². The van der Waals surface area contributed by atoms with E-state index in [-0.39, 0.29) is 0 Å². The molecule has 80 valence electrons. The predicted octanol–water partition coefficient (Wildman–Crippen LogP) is 3.45. The van der Waals surface area contributed by atoms with Crippen molar-refractivity contribution in [3.8, 4) is 0 Å². The maximum atomic E-state index is 3.65. The third kappa shape index (κ3) is 2.93. The van der Waals surface area contributed by atoms with Gasteiger partial charge in [-0.25, -0.2) is 0 Å². The summed E-state index contributed by atoms with van der Waals surface area (Å²) in [5.74, 6) is 0. The van der Waals surface area contributed by atoms with Crippen LogP contribution in [0, 0.1) is 0 Å². The second kappa shape index (κ2) is 5.13. The molecule has 0 aromatic heterocycles. The minimum Gasteiger partial charge on any atom is -0.304 e. The molecule has 2 rings (SSSR count). The molecule has 1 aliphatic carbocycles. The Morgan fingerprint density at radius 1 is 1.27 bits per heavy atom. The van der Waals surface area contributed by atoms with Crippen molar-refractivity contribution in [1.82, 2.24) is 5.32 Å². The molecular formula is C14H19N. The van der Waals surface area contributed by atoms with E-state index in [9.17, 15) is 0 Å². The van der Waals surface area contributed by atoms with Crippen molar-refractivity contribution < 1.29 is 0 Å². The fraction of sp³-hybridized carbons (Fsp3) is 0.429. The van der Waals surface area contributed by atoms with E-state index in [1.165, 1.54) is 24.8 Å². The van der Waals surface area contributed by atoms with Gasteiger partial charge in [0.15, 0.2) is 0 Å². The van der Waals surface area contributed by atoms with Crippen molar-refractivity contribution in [3.05, 3.63) is 48.0 Å². The van der Waals surface area contributed by atoms with Gasteiger partial charge < -0.3 is 5.32 Å². The summed E-state index contributed by atoms with van der Waals surface area (Å²) in [6.07, 6.45) is 8.43. The van der Waals surface area contributed by atoms with Gasteiger partial charge in [-0.2, -0.15) is 0 Å². The minimum atomic E-state index is 0.443. The van der Waals surface area contributed by atoms with Gasteiger partial charge in [0.2, 0.25) is 0 Å². The number of benzene rings is 1. The highest BCUT2D eigenvalue weighted by Gasteiger charge is 2.12. The first-order valence-corrected chi connectivity index (χ1v) is 5.84. The molecule has 2 unspecified atom stereocenters.